The van der Waals surface area contributed by atoms with Gasteiger partial charge in [-0.25, -0.2) is 0 Å². The third-order valence-corrected chi connectivity index (χ3v) is 7.08. The number of nitrogens with one attached hydrogen (secondary N) is 1. The Balaban J connectivity index is 1.48. The first-order valence-electron chi connectivity index (χ1n) is 14.1. The maximum absolute atomic E-state index is 13.8. The van der Waals surface area contributed by atoms with Gasteiger partial charge >= 0.3 is 0 Å². The Bertz CT molecular complexity index is 1220. The fraction of sp³-hybridized carbons (Fsp3) is 0.621. The van der Waals surface area contributed by atoms with Crippen LogP contribution in [0.15, 0.2) is 28.8 Å². The highest BCUT2D eigenvalue weighted by molar-refractivity contribution is 6.00. The van der Waals surface area contributed by atoms with Gasteiger partial charge in [0, 0.05) is 31.5 Å². The Hall–Kier alpha value is -3.51. The maximum Gasteiger partial charge on any atom is 0.255 e. The number of carbonyl (C=O) groups is 3. The molecule has 2 aromatic rings. The topological polar surface area (TPSA) is 147 Å². The summed E-state index contributed by atoms with van der Waals surface area (Å²) in [6.07, 6.45) is -0.298. The van der Waals surface area contributed by atoms with Gasteiger partial charge in [-0.1, -0.05) is 51.9 Å². The van der Waals surface area contributed by atoms with Gasteiger partial charge in [0.2, 0.25) is 23.5 Å². The van der Waals surface area contributed by atoms with Gasteiger partial charge in [-0.3, -0.25) is 14.4 Å². The van der Waals surface area contributed by atoms with Crippen LogP contribution in [0.3, 0.4) is 0 Å². The number of hydrogen-bond donors (Lipinski definition) is 2. The number of hydrogen-bond acceptors (Lipinski definition) is 9. The molecule has 2 N–H and O–H groups in total. The lowest BCUT2D eigenvalue weighted by Crippen LogP contribution is -2.55. The van der Waals surface area contributed by atoms with Gasteiger partial charge in [0.25, 0.3) is 5.91 Å². The molecule has 224 valence electrons. The quantitative estimate of drug-likeness (QED) is 0.461. The Kier molecular flexibility index (Phi) is 9.64. The molecule has 3 amide bonds. The van der Waals surface area contributed by atoms with Crippen molar-refractivity contribution in [1.82, 2.24) is 25.3 Å². The molecule has 0 spiro atoms. The van der Waals surface area contributed by atoms with E-state index in [0.29, 0.717) is 50.2 Å². The summed E-state index contributed by atoms with van der Waals surface area (Å²) in [5.74, 6) is 0.125. The minimum absolute atomic E-state index is 0.00474. The molecule has 1 aromatic heterocycles. The summed E-state index contributed by atoms with van der Waals surface area (Å²) >= 11 is 0. The van der Waals surface area contributed by atoms with Crippen LogP contribution in [0.5, 0.6) is 5.75 Å². The molecular formula is C29H41N5O7. The van der Waals surface area contributed by atoms with E-state index in [1.165, 1.54) is 4.90 Å². The number of benzene rings is 1. The Morgan fingerprint density at radius 1 is 1.17 bits per heavy atom. The van der Waals surface area contributed by atoms with Crippen LogP contribution in [0.2, 0.25) is 0 Å². The number of amides is 3. The van der Waals surface area contributed by atoms with Crippen molar-refractivity contribution in [1.29, 1.82) is 0 Å². The molecule has 0 radical (unpaired) electrons. The average molecular weight is 572 g/mol. The Labute approximate surface area is 240 Å². The van der Waals surface area contributed by atoms with Crippen LogP contribution in [0.1, 0.15) is 69.5 Å². The molecule has 1 aromatic carbocycles. The highest BCUT2D eigenvalue weighted by Crippen LogP contribution is 2.25. The molecule has 0 saturated carbocycles. The van der Waals surface area contributed by atoms with Crippen LogP contribution in [0.25, 0.3) is 0 Å². The molecule has 0 unspecified atom stereocenters. The summed E-state index contributed by atoms with van der Waals surface area (Å²) in [5, 5.41) is 17.2. The maximum atomic E-state index is 13.8. The van der Waals surface area contributed by atoms with Crippen molar-refractivity contribution in [2.24, 2.45) is 5.92 Å². The van der Waals surface area contributed by atoms with Crippen molar-refractivity contribution in [3.63, 3.8) is 0 Å². The van der Waals surface area contributed by atoms with Gasteiger partial charge < -0.3 is 34.2 Å². The molecule has 2 aliphatic rings. The Morgan fingerprint density at radius 3 is 2.54 bits per heavy atom. The van der Waals surface area contributed by atoms with Gasteiger partial charge in [0.05, 0.1) is 24.9 Å². The molecule has 0 aliphatic carbocycles. The van der Waals surface area contributed by atoms with E-state index < -0.39 is 30.0 Å². The number of carbonyl (C=O) groups excluding carboxylic acids is 3. The molecule has 41 heavy (non-hydrogen) atoms. The molecule has 2 saturated heterocycles. The van der Waals surface area contributed by atoms with E-state index >= 15 is 0 Å². The van der Waals surface area contributed by atoms with Crippen LogP contribution in [0.4, 0.5) is 0 Å². The standard InChI is InChI=1S/C29H41N5O7/c1-18(2)14-21(26(37)34-16-19(35)15-22(34)27(38)33-10-12-39-13-11-33)30-25(36)20-8-6-7-9-23(20)40-17-24-31-28(41-32-24)29(3,4)5/h6-9,18-19,21-22,35H,10-17H2,1-5H3,(H,30,36)/t19-,21+,22+/m0/s1. The number of para-hydroxylation sites is 1. The van der Waals surface area contributed by atoms with E-state index in [9.17, 15) is 19.5 Å². The van der Waals surface area contributed by atoms with Crippen LogP contribution in [0, 0.1) is 5.92 Å². The van der Waals surface area contributed by atoms with Crippen LogP contribution >= 0.6 is 0 Å². The number of ether oxygens (including phenoxy) is 2. The number of morpholine rings is 1. The van der Waals surface area contributed by atoms with Gasteiger partial charge in [0.1, 0.15) is 17.8 Å². The lowest BCUT2D eigenvalue weighted by Gasteiger charge is -2.34. The van der Waals surface area contributed by atoms with Crippen LogP contribution < -0.4 is 10.1 Å². The van der Waals surface area contributed by atoms with Crippen LogP contribution in [-0.2, 0) is 26.3 Å². The Morgan fingerprint density at radius 2 is 1.88 bits per heavy atom. The summed E-state index contributed by atoms with van der Waals surface area (Å²) in [4.78, 5) is 48.1. The second-order valence-electron chi connectivity index (χ2n) is 12.0. The van der Waals surface area contributed by atoms with E-state index in [1.807, 2.05) is 34.6 Å². The number of aliphatic hydroxyl groups is 1. The van der Waals surface area contributed by atoms with Crippen molar-refractivity contribution < 1.29 is 33.5 Å². The summed E-state index contributed by atoms with van der Waals surface area (Å²) < 4.78 is 16.6. The average Bonchev–Trinajstić information content (AvgIpc) is 3.58. The molecule has 12 nitrogen and oxygen atoms in total. The fourth-order valence-electron chi connectivity index (χ4n) is 4.95. The zero-order chi connectivity index (χ0) is 29.7. The van der Waals surface area contributed by atoms with Crippen LogP contribution in [-0.4, -0.2) is 93.8 Å². The second-order valence-corrected chi connectivity index (χ2v) is 12.0. The summed E-state index contributed by atoms with van der Waals surface area (Å²) in [6.45, 7) is 11.6. The summed E-state index contributed by atoms with van der Waals surface area (Å²) in [6, 6.07) is 5.04. The number of likely N-dealkylation sites (tertiary alicyclic amines) is 1. The third-order valence-electron chi connectivity index (χ3n) is 7.08. The van der Waals surface area contributed by atoms with E-state index in [1.54, 1.807) is 29.2 Å². The lowest BCUT2D eigenvalue weighted by atomic mass is 9.97. The first-order valence-corrected chi connectivity index (χ1v) is 14.1. The van der Waals surface area contributed by atoms with Crippen molar-refractivity contribution in [2.75, 3.05) is 32.8 Å². The first-order chi connectivity index (χ1) is 19.4. The predicted octanol–water partition coefficient (Wildman–Crippen LogP) is 1.91. The molecular weight excluding hydrogens is 530 g/mol. The number of aromatic nitrogens is 2. The highest BCUT2D eigenvalue weighted by Gasteiger charge is 2.43. The van der Waals surface area contributed by atoms with Gasteiger partial charge in [-0.05, 0) is 24.5 Å². The van der Waals surface area contributed by atoms with Gasteiger partial charge in [0.15, 0.2) is 6.61 Å². The zero-order valence-electron chi connectivity index (χ0n) is 24.5. The van der Waals surface area contributed by atoms with Gasteiger partial charge in [-0.15, -0.1) is 0 Å². The largest absolute Gasteiger partial charge is 0.485 e. The molecule has 2 aliphatic heterocycles. The molecule has 3 atom stereocenters. The second kappa shape index (κ2) is 13.0. The minimum Gasteiger partial charge on any atom is -0.485 e. The predicted molar refractivity (Wildman–Crippen MR) is 148 cm³/mol. The molecule has 2 fully saturated rings. The summed E-state index contributed by atoms with van der Waals surface area (Å²) in [7, 11) is 0. The van der Waals surface area contributed by atoms with Crippen molar-refractivity contribution >= 4 is 17.7 Å². The first kappa shape index (κ1) is 30.4. The van der Waals surface area contributed by atoms with Gasteiger partial charge in [-0.2, -0.15) is 4.98 Å². The summed E-state index contributed by atoms with van der Waals surface area (Å²) in [5.41, 5.74) is -0.0610. The lowest BCUT2D eigenvalue weighted by molar-refractivity contribution is -0.147. The zero-order valence-corrected chi connectivity index (χ0v) is 24.5. The number of rotatable bonds is 9. The smallest absolute Gasteiger partial charge is 0.255 e. The fourth-order valence-corrected chi connectivity index (χ4v) is 4.95. The molecule has 0 bridgehead atoms. The normalized spacial score (nSPS) is 20.3. The van der Waals surface area contributed by atoms with Crippen molar-refractivity contribution in [2.45, 2.75) is 77.7 Å². The minimum atomic E-state index is -0.896. The SMILES string of the molecule is CC(C)C[C@@H](NC(=O)c1ccccc1OCc1noc(C(C)(C)C)n1)C(=O)N1C[C@@H](O)C[C@@H]1C(=O)N1CCOCC1. The highest BCUT2D eigenvalue weighted by atomic mass is 16.5. The molecule has 12 heteroatoms. The van der Waals surface area contributed by atoms with E-state index in [0.717, 1.165) is 0 Å². The van der Waals surface area contributed by atoms with E-state index in [2.05, 4.69) is 15.5 Å². The number of aliphatic hydroxyl groups excluding tert-OH is 1. The van der Waals surface area contributed by atoms with Crippen molar-refractivity contribution in [3.05, 3.63) is 41.5 Å². The third kappa shape index (κ3) is 7.62. The molecule has 4 rings (SSSR count). The van der Waals surface area contributed by atoms with E-state index in [4.69, 9.17) is 14.0 Å². The monoisotopic (exact) mass is 571 g/mol. The van der Waals surface area contributed by atoms with Crippen molar-refractivity contribution in [3.8, 4) is 5.75 Å². The van der Waals surface area contributed by atoms with E-state index in [-0.39, 0.29) is 42.4 Å². The molecule has 3 heterocycles. The number of nitrogens with zero attached hydrogens (tertiary/aromatic N) is 4. The number of β-amino-alcohol motifs (C(OH)–C–C–N with tert-alkyl or cyclic N) is 1.